The molecular weight excluding hydrogens is 396 g/mol. The van der Waals surface area contributed by atoms with Crippen LogP contribution >= 0.6 is 47.2 Å². The quantitative estimate of drug-likeness (QED) is 0.755. The van der Waals surface area contributed by atoms with E-state index >= 15 is 0 Å². The SMILES string of the molecule is CN1CCN=C1N[C@@H]1C[C@H]1c1ccc(Cl)c(Cl)c1.I. The van der Waals surface area contributed by atoms with Gasteiger partial charge >= 0.3 is 0 Å². The fraction of sp³-hybridized carbons (Fsp3) is 0.462. The average Bonchev–Trinajstić information content (AvgIpc) is 2.99. The Labute approximate surface area is 140 Å². The Balaban J connectivity index is 0.00000133. The van der Waals surface area contributed by atoms with Crippen LogP contribution < -0.4 is 5.32 Å². The van der Waals surface area contributed by atoms with Gasteiger partial charge in [-0.25, -0.2) is 0 Å². The smallest absolute Gasteiger partial charge is 0.194 e. The van der Waals surface area contributed by atoms with Crippen LogP contribution in [-0.4, -0.2) is 37.0 Å². The Morgan fingerprint density at radius 3 is 2.74 bits per heavy atom. The predicted molar refractivity (Wildman–Crippen MR) is 91.1 cm³/mol. The first kappa shape index (κ1) is 15.2. The van der Waals surface area contributed by atoms with Crippen LogP contribution in [0.1, 0.15) is 17.9 Å². The van der Waals surface area contributed by atoms with Crippen molar-refractivity contribution in [2.45, 2.75) is 18.4 Å². The fourth-order valence-electron chi connectivity index (χ4n) is 2.32. The summed E-state index contributed by atoms with van der Waals surface area (Å²) in [5.41, 5.74) is 1.25. The topological polar surface area (TPSA) is 27.6 Å². The maximum Gasteiger partial charge on any atom is 0.194 e. The van der Waals surface area contributed by atoms with E-state index in [-0.39, 0.29) is 24.0 Å². The first-order chi connectivity index (χ1) is 8.65. The van der Waals surface area contributed by atoms with E-state index < -0.39 is 0 Å². The van der Waals surface area contributed by atoms with Crippen LogP contribution in [-0.2, 0) is 0 Å². The molecule has 6 heteroatoms. The Hall–Kier alpha value is -0.200. The van der Waals surface area contributed by atoms with E-state index in [9.17, 15) is 0 Å². The average molecular weight is 412 g/mol. The third-order valence-corrected chi connectivity index (χ3v) is 4.27. The van der Waals surface area contributed by atoms with Crippen LogP contribution in [0.3, 0.4) is 0 Å². The molecule has 1 aromatic carbocycles. The summed E-state index contributed by atoms with van der Waals surface area (Å²) in [6, 6.07) is 6.37. The van der Waals surface area contributed by atoms with Crippen molar-refractivity contribution in [2.24, 2.45) is 4.99 Å². The molecule has 1 N–H and O–H groups in total. The number of nitrogens with zero attached hydrogens (tertiary/aromatic N) is 2. The molecule has 1 heterocycles. The second-order valence-electron chi connectivity index (χ2n) is 4.89. The van der Waals surface area contributed by atoms with Crippen molar-refractivity contribution in [3.05, 3.63) is 33.8 Å². The maximum atomic E-state index is 6.04. The summed E-state index contributed by atoms with van der Waals surface area (Å²) in [7, 11) is 2.06. The van der Waals surface area contributed by atoms with Gasteiger partial charge in [0.2, 0.25) is 0 Å². The van der Waals surface area contributed by atoms with Crippen LogP contribution in [0.5, 0.6) is 0 Å². The van der Waals surface area contributed by atoms with E-state index in [1.165, 1.54) is 5.56 Å². The van der Waals surface area contributed by atoms with Gasteiger partial charge in [-0.2, -0.15) is 0 Å². The summed E-state index contributed by atoms with van der Waals surface area (Å²) in [5.74, 6) is 1.54. The zero-order valence-electron chi connectivity index (χ0n) is 10.6. The Kier molecular flexibility index (Phi) is 4.84. The highest BCUT2D eigenvalue weighted by atomic mass is 127. The molecule has 1 aliphatic carbocycles. The van der Waals surface area contributed by atoms with Crippen molar-refractivity contribution in [3.8, 4) is 0 Å². The molecule has 1 aliphatic heterocycles. The molecule has 0 bridgehead atoms. The van der Waals surface area contributed by atoms with Gasteiger partial charge in [0.1, 0.15) is 0 Å². The van der Waals surface area contributed by atoms with E-state index in [1.807, 2.05) is 12.1 Å². The fourth-order valence-corrected chi connectivity index (χ4v) is 2.63. The van der Waals surface area contributed by atoms with Gasteiger partial charge < -0.3 is 10.2 Å². The second kappa shape index (κ2) is 6.06. The molecule has 0 unspecified atom stereocenters. The summed E-state index contributed by atoms with van der Waals surface area (Å²) >= 11 is 12.0. The van der Waals surface area contributed by atoms with Gasteiger partial charge in [0.05, 0.1) is 16.6 Å². The van der Waals surface area contributed by atoms with Crippen LogP contribution in [0.4, 0.5) is 0 Å². The highest BCUT2D eigenvalue weighted by molar-refractivity contribution is 14.0. The number of nitrogens with one attached hydrogen (secondary N) is 1. The number of benzene rings is 1. The van der Waals surface area contributed by atoms with Crippen molar-refractivity contribution in [3.63, 3.8) is 0 Å². The molecule has 2 atom stereocenters. The molecule has 3 rings (SSSR count). The minimum Gasteiger partial charge on any atom is -0.353 e. The number of hydrogen-bond donors (Lipinski definition) is 1. The monoisotopic (exact) mass is 411 g/mol. The molecule has 0 spiro atoms. The molecule has 2 aliphatic rings. The van der Waals surface area contributed by atoms with Gasteiger partial charge in [-0.3, -0.25) is 4.99 Å². The first-order valence-electron chi connectivity index (χ1n) is 6.12. The molecule has 0 radical (unpaired) electrons. The van der Waals surface area contributed by atoms with Gasteiger partial charge in [-0.1, -0.05) is 29.3 Å². The summed E-state index contributed by atoms with van der Waals surface area (Å²) in [6.45, 7) is 1.90. The highest BCUT2D eigenvalue weighted by Gasteiger charge is 2.40. The third kappa shape index (κ3) is 3.28. The van der Waals surface area contributed by atoms with Crippen molar-refractivity contribution >= 4 is 53.1 Å². The predicted octanol–water partition coefficient (Wildman–Crippen LogP) is 3.36. The van der Waals surface area contributed by atoms with E-state index in [4.69, 9.17) is 23.2 Å². The molecular formula is C13H16Cl2IN3. The molecule has 0 saturated heterocycles. The van der Waals surface area contributed by atoms with Crippen LogP contribution in [0.25, 0.3) is 0 Å². The van der Waals surface area contributed by atoms with Gasteiger partial charge in [0.25, 0.3) is 0 Å². The van der Waals surface area contributed by atoms with Crippen molar-refractivity contribution in [1.29, 1.82) is 0 Å². The van der Waals surface area contributed by atoms with Crippen molar-refractivity contribution < 1.29 is 0 Å². The lowest BCUT2D eigenvalue weighted by Gasteiger charge is -2.15. The highest BCUT2D eigenvalue weighted by Crippen LogP contribution is 2.42. The zero-order valence-corrected chi connectivity index (χ0v) is 14.4. The largest absolute Gasteiger partial charge is 0.353 e. The van der Waals surface area contributed by atoms with Gasteiger partial charge in [0, 0.05) is 25.6 Å². The zero-order chi connectivity index (χ0) is 12.7. The second-order valence-corrected chi connectivity index (χ2v) is 5.71. The minimum atomic E-state index is 0. The van der Waals surface area contributed by atoms with Crippen LogP contribution in [0.2, 0.25) is 10.0 Å². The number of rotatable bonds is 2. The summed E-state index contributed by atoms with van der Waals surface area (Å²) in [5, 5.41) is 4.74. The van der Waals surface area contributed by atoms with Crippen molar-refractivity contribution in [1.82, 2.24) is 10.2 Å². The Morgan fingerprint density at radius 2 is 2.11 bits per heavy atom. The number of halogens is 3. The Bertz CT molecular complexity index is 507. The molecule has 104 valence electrons. The van der Waals surface area contributed by atoms with Gasteiger partial charge in [0.15, 0.2) is 5.96 Å². The first-order valence-corrected chi connectivity index (χ1v) is 6.88. The molecule has 0 aromatic heterocycles. The molecule has 1 aromatic rings. The maximum absolute atomic E-state index is 6.04. The molecule has 19 heavy (non-hydrogen) atoms. The molecule has 1 fully saturated rings. The lowest BCUT2D eigenvalue weighted by Crippen LogP contribution is -2.37. The van der Waals surface area contributed by atoms with E-state index in [0.717, 1.165) is 25.5 Å². The normalized spacial score (nSPS) is 24.8. The number of likely N-dealkylation sites (N-methyl/N-ethyl adjacent to an activating group) is 1. The molecule has 3 nitrogen and oxygen atoms in total. The lowest BCUT2D eigenvalue weighted by molar-refractivity contribution is 0.532. The summed E-state index contributed by atoms with van der Waals surface area (Å²) in [6.07, 6.45) is 1.13. The van der Waals surface area contributed by atoms with Crippen molar-refractivity contribution in [2.75, 3.05) is 20.1 Å². The standard InChI is InChI=1S/C13H15Cl2N3.HI/c1-18-5-4-16-13(18)17-12-7-9(12)8-2-3-10(14)11(15)6-8;/h2-3,6,9,12H,4-5,7H2,1H3,(H,16,17);1H/t9-,12+;/m0./s1. The van der Waals surface area contributed by atoms with Gasteiger partial charge in [-0.05, 0) is 24.1 Å². The summed E-state index contributed by atoms with van der Waals surface area (Å²) in [4.78, 5) is 6.60. The van der Waals surface area contributed by atoms with E-state index in [1.54, 1.807) is 0 Å². The number of hydrogen-bond acceptors (Lipinski definition) is 3. The van der Waals surface area contributed by atoms with Crippen LogP contribution in [0, 0.1) is 0 Å². The van der Waals surface area contributed by atoms with E-state index in [2.05, 4.69) is 28.3 Å². The van der Waals surface area contributed by atoms with Crippen LogP contribution in [0.15, 0.2) is 23.2 Å². The van der Waals surface area contributed by atoms with E-state index in [0.29, 0.717) is 22.0 Å². The summed E-state index contributed by atoms with van der Waals surface area (Å²) < 4.78 is 0. The molecule has 1 saturated carbocycles. The Morgan fingerprint density at radius 1 is 1.32 bits per heavy atom. The number of guanidine groups is 1. The lowest BCUT2D eigenvalue weighted by atomic mass is 10.1. The third-order valence-electron chi connectivity index (χ3n) is 3.54. The molecule has 0 amide bonds. The van der Waals surface area contributed by atoms with Gasteiger partial charge in [-0.15, -0.1) is 24.0 Å². The number of aliphatic imine (C=N–C) groups is 1. The minimum absolute atomic E-state index is 0.